The van der Waals surface area contributed by atoms with E-state index < -0.39 is 0 Å². The minimum atomic E-state index is 0. The molecule has 0 atom stereocenters. The van der Waals surface area contributed by atoms with Crippen LogP contribution in [-0.4, -0.2) is 84.1 Å². The molecule has 0 bridgehead atoms. The van der Waals surface area contributed by atoms with E-state index in [1.807, 2.05) is 0 Å². The van der Waals surface area contributed by atoms with Crippen molar-refractivity contribution in [3.8, 4) is 0 Å². The fraction of sp³-hybridized carbons (Fsp3) is 1.00. The Bertz CT molecular complexity index is 60.6. The van der Waals surface area contributed by atoms with E-state index in [1.165, 1.54) is 0 Å². The third-order valence-electron chi connectivity index (χ3n) is 1.25. The topological polar surface area (TPSA) is 63.9 Å². The molecule has 11 heavy (non-hydrogen) atoms. The smallest absolute Gasteiger partial charge is 0.0558 e. The van der Waals surface area contributed by atoms with Gasteiger partial charge in [0, 0.05) is 44.1 Å². The van der Waals surface area contributed by atoms with Gasteiger partial charge in [-0.15, -0.1) is 0 Å². The zero-order valence-corrected chi connectivity index (χ0v) is 9.03. The molecule has 0 unspecified atom stereocenters. The summed E-state index contributed by atoms with van der Waals surface area (Å²) in [7, 11) is 0. The molecular formula is C6H15NO3Sb. The molecule has 0 fully saturated rings. The summed E-state index contributed by atoms with van der Waals surface area (Å²) in [5.74, 6) is 0. The van der Waals surface area contributed by atoms with Gasteiger partial charge in [-0.1, -0.05) is 0 Å². The number of aliphatic hydroxyl groups excluding tert-OH is 3. The first kappa shape index (κ1) is 14.2. The fourth-order valence-electron chi connectivity index (χ4n) is 0.760. The van der Waals surface area contributed by atoms with Crippen LogP contribution in [0.5, 0.6) is 0 Å². The van der Waals surface area contributed by atoms with Crippen LogP contribution >= 0.6 is 0 Å². The Hall–Kier alpha value is 0.658. The van der Waals surface area contributed by atoms with E-state index in [9.17, 15) is 0 Å². The largest absolute Gasteiger partial charge is 0.395 e. The van der Waals surface area contributed by atoms with Crippen molar-refractivity contribution in [2.75, 3.05) is 39.5 Å². The van der Waals surface area contributed by atoms with Crippen LogP contribution < -0.4 is 0 Å². The first-order chi connectivity index (χ1) is 4.85. The molecule has 5 heteroatoms. The Labute approximate surface area is 84.3 Å². The van der Waals surface area contributed by atoms with Crippen molar-refractivity contribution in [3.63, 3.8) is 0 Å². The molecule has 3 N–H and O–H groups in total. The summed E-state index contributed by atoms with van der Waals surface area (Å²) in [6.45, 7) is 1.75. The summed E-state index contributed by atoms with van der Waals surface area (Å²) in [6.07, 6.45) is 0. The number of hydrogen-bond acceptors (Lipinski definition) is 4. The minimum Gasteiger partial charge on any atom is -0.395 e. The normalized spacial score (nSPS) is 9.82. The molecule has 4 nitrogen and oxygen atoms in total. The number of rotatable bonds is 6. The molecule has 0 rings (SSSR count). The van der Waals surface area contributed by atoms with Gasteiger partial charge < -0.3 is 15.3 Å². The van der Waals surface area contributed by atoms with Crippen LogP contribution in [0.2, 0.25) is 0 Å². The molecule has 0 spiro atoms. The molecule has 0 aromatic rings. The van der Waals surface area contributed by atoms with Crippen LogP contribution in [0.25, 0.3) is 0 Å². The van der Waals surface area contributed by atoms with Crippen molar-refractivity contribution in [1.29, 1.82) is 0 Å². The van der Waals surface area contributed by atoms with Crippen molar-refractivity contribution in [2.24, 2.45) is 0 Å². The maximum atomic E-state index is 8.48. The van der Waals surface area contributed by atoms with E-state index in [-0.39, 0.29) is 44.2 Å². The van der Waals surface area contributed by atoms with E-state index in [0.29, 0.717) is 19.6 Å². The quantitative estimate of drug-likeness (QED) is 0.484. The Balaban J connectivity index is 0. The van der Waals surface area contributed by atoms with Gasteiger partial charge in [-0.05, 0) is 0 Å². The second kappa shape index (κ2) is 10.7. The van der Waals surface area contributed by atoms with E-state index in [2.05, 4.69) is 0 Å². The molecule has 0 aliphatic heterocycles. The molecule has 0 amide bonds. The van der Waals surface area contributed by atoms with Crippen LogP contribution in [-0.2, 0) is 0 Å². The number of aliphatic hydroxyl groups is 3. The Morgan fingerprint density at radius 2 is 1.00 bits per heavy atom. The zero-order chi connectivity index (χ0) is 7.82. The van der Waals surface area contributed by atoms with Gasteiger partial charge in [-0.2, -0.15) is 0 Å². The van der Waals surface area contributed by atoms with Crippen molar-refractivity contribution in [1.82, 2.24) is 4.90 Å². The number of hydrogen-bond donors (Lipinski definition) is 3. The monoisotopic (exact) mass is 270 g/mol. The summed E-state index contributed by atoms with van der Waals surface area (Å²) in [4.78, 5) is 1.79. The predicted octanol–water partition coefficient (Wildman–Crippen LogP) is -2.12. The Morgan fingerprint density at radius 1 is 0.727 bits per heavy atom. The molecular weight excluding hydrogens is 256 g/mol. The van der Waals surface area contributed by atoms with E-state index in [0.717, 1.165) is 0 Å². The molecule has 0 aromatic carbocycles. The Kier molecular flexibility index (Phi) is 13.8. The summed E-state index contributed by atoms with van der Waals surface area (Å²) in [6, 6.07) is 0. The second-order valence-corrected chi connectivity index (χ2v) is 2.01. The van der Waals surface area contributed by atoms with E-state index in [1.54, 1.807) is 4.90 Å². The first-order valence-electron chi connectivity index (χ1n) is 3.40. The van der Waals surface area contributed by atoms with Gasteiger partial charge >= 0.3 is 0 Å². The van der Waals surface area contributed by atoms with Crippen molar-refractivity contribution >= 4 is 24.4 Å². The van der Waals surface area contributed by atoms with Gasteiger partial charge in [0.05, 0.1) is 19.8 Å². The second-order valence-electron chi connectivity index (χ2n) is 2.01. The Morgan fingerprint density at radius 3 is 1.18 bits per heavy atom. The van der Waals surface area contributed by atoms with Gasteiger partial charge in [0.25, 0.3) is 0 Å². The molecule has 0 aliphatic carbocycles. The van der Waals surface area contributed by atoms with Crippen LogP contribution in [0, 0.1) is 0 Å². The first-order valence-corrected chi connectivity index (χ1v) is 3.40. The fourth-order valence-corrected chi connectivity index (χ4v) is 0.760. The predicted molar refractivity (Wildman–Crippen MR) is 43.5 cm³/mol. The van der Waals surface area contributed by atoms with Gasteiger partial charge in [0.2, 0.25) is 0 Å². The summed E-state index contributed by atoms with van der Waals surface area (Å²) in [5.41, 5.74) is 0. The van der Waals surface area contributed by atoms with Crippen LogP contribution in [0.4, 0.5) is 0 Å². The molecule has 0 heterocycles. The molecule has 0 saturated carbocycles. The van der Waals surface area contributed by atoms with Crippen molar-refractivity contribution in [3.05, 3.63) is 0 Å². The van der Waals surface area contributed by atoms with Crippen LogP contribution in [0.1, 0.15) is 0 Å². The average Bonchev–Trinajstić information content (AvgIpc) is 1.90. The number of nitrogens with zero attached hydrogens (tertiary/aromatic N) is 1. The van der Waals surface area contributed by atoms with Crippen LogP contribution in [0.15, 0.2) is 0 Å². The molecule has 0 saturated heterocycles. The molecule has 67 valence electrons. The third-order valence-corrected chi connectivity index (χ3v) is 1.25. The average molecular weight is 271 g/mol. The maximum absolute atomic E-state index is 8.48. The van der Waals surface area contributed by atoms with Gasteiger partial charge in [-0.25, -0.2) is 0 Å². The third kappa shape index (κ3) is 8.57. The van der Waals surface area contributed by atoms with Gasteiger partial charge in [0.15, 0.2) is 0 Å². The minimum absolute atomic E-state index is 0. The zero-order valence-electron chi connectivity index (χ0n) is 6.48. The molecule has 3 radical (unpaired) electrons. The summed E-state index contributed by atoms with van der Waals surface area (Å²) < 4.78 is 0. The van der Waals surface area contributed by atoms with E-state index in [4.69, 9.17) is 15.3 Å². The molecule has 0 aromatic heterocycles. The van der Waals surface area contributed by atoms with Crippen molar-refractivity contribution in [2.45, 2.75) is 0 Å². The van der Waals surface area contributed by atoms with Crippen LogP contribution in [0.3, 0.4) is 0 Å². The SMILES string of the molecule is OCCN(CCO)CCO.[Sb]. The van der Waals surface area contributed by atoms with Gasteiger partial charge in [-0.3, -0.25) is 4.90 Å². The van der Waals surface area contributed by atoms with Crippen molar-refractivity contribution < 1.29 is 15.3 Å². The van der Waals surface area contributed by atoms with E-state index >= 15 is 0 Å². The van der Waals surface area contributed by atoms with Gasteiger partial charge in [0.1, 0.15) is 0 Å². The summed E-state index contributed by atoms with van der Waals surface area (Å²) in [5, 5.41) is 25.5. The maximum Gasteiger partial charge on any atom is 0.0558 e. The molecule has 0 aliphatic rings. The standard InChI is InChI=1S/C6H15NO3.Sb/c8-4-1-7(2-5-9)3-6-10;/h8-10H,1-6H2;. The summed E-state index contributed by atoms with van der Waals surface area (Å²) >= 11 is 0.